The second kappa shape index (κ2) is 11.9. The van der Waals surface area contributed by atoms with Crippen LogP contribution in [-0.4, -0.2) is 78.1 Å². The van der Waals surface area contributed by atoms with Gasteiger partial charge in [0.1, 0.15) is 5.75 Å². The number of ether oxygens (including phenoxy) is 2. The SMILES string of the molecule is C=C(CCc1ccc(OCC(=O)N2CCOCC2)cc1)[C@@H]1CN=C(NC(=O)c2nc(Cl)c(N)nc2N)N1. The number of morpholine rings is 1. The van der Waals surface area contributed by atoms with Crippen LogP contribution in [-0.2, 0) is 16.0 Å². The van der Waals surface area contributed by atoms with E-state index in [2.05, 4.69) is 32.2 Å². The van der Waals surface area contributed by atoms with Gasteiger partial charge in [-0.2, -0.15) is 0 Å². The van der Waals surface area contributed by atoms with Crippen molar-refractivity contribution in [2.45, 2.75) is 18.9 Å². The van der Waals surface area contributed by atoms with Crippen LogP contribution < -0.4 is 26.8 Å². The van der Waals surface area contributed by atoms with Gasteiger partial charge in [-0.3, -0.25) is 19.9 Å². The van der Waals surface area contributed by atoms with E-state index in [4.69, 9.17) is 32.5 Å². The zero-order valence-corrected chi connectivity index (χ0v) is 21.0. The largest absolute Gasteiger partial charge is 0.484 e. The third kappa shape index (κ3) is 6.86. The highest BCUT2D eigenvalue weighted by molar-refractivity contribution is 6.31. The van der Waals surface area contributed by atoms with Gasteiger partial charge in [0.15, 0.2) is 35.0 Å². The number of nitrogens with zero attached hydrogens (tertiary/aromatic N) is 4. The molecule has 1 saturated heterocycles. The molecule has 37 heavy (non-hydrogen) atoms. The van der Waals surface area contributed by atoms with Crippen LogP contribution in [0, 0.1) is 0 Å². The van der Waals surface area contributed by atoms with E-state index in [0.29, 0.717) is 44.6 Å². The molecule has 1 fully saturated rings. The molecular weight excluding hydrogens is 500 g/mol. The predicted molar refractivity (Wildman–Crippen MR) is 139 cm³/mol. The van der Waals surface area contributed by atoms with Crippen LogP contribution in [0.4, 0.5) is 11.6 Å². The Hall–Kier alpha value is -3.90. The minimum absolute atomic E-state index is 0.00685. The highest BCUT2D eigenvalue weighted by Crippen LogP contribution is 2.19. The summed E-state index contributed by atoms with van der Waals surface area (Å²) in [5.74, 6) is 0.114. The quantitative estimate of drug-likeness (QED) is 0.361. The summed E-state index contributed by atoms with van der Waals surface area (Å²) in [6.07, 6.45) is 1.48. The van der Waals surface area contributed by atoms with E-state index in [-0.39, 0.29) is 41.0 Å². The summed E-state index contributed by atoms with van der Waals surface area (Å²) >= 11 is 5.84. The van der Waals surface area contributed by atoms with Crippen molar-refractivity contribution in [2.75, 3.05) is 50.9 Å². The van der Waals surface area contributed by atoms with E-state index in [9.17, 15) is 9.59 Å². The first-order valence-corrected chi connectivity index (χ1v) is 12.1. The molecule has 196 valence electrons. The molecule has 3 heterocycles. The Bertz CT molecular complexity index is 1200. The fourth-order valence-electron chi connectivity index (χ4n) is 3.80. The molecule has 0 aliphatic carbocycles. The lowest BCUT2D eigenvalue weighted by Crippen LogP contribution is -2.43. The van der Waals surface area contributed by atoms with Crippen molar-refractivity contribution in [3.63, 3.8) is 0 Å². The monoisotopic (exact) mass is 528 g/mol. The fraction of sp³-hybridized carbons (Fsp3) is 0.375. The van der Waals surface area contributed by atoms with Crippen LogP contribution in [0.15, 0.2) is 41.4 Å². The third-order valence-electron chi connectivity index (χ3n) is 5.97. The first kappa shape index (κ1) is 26.2. The van der Waals surface area contributed by atoms with Crippen LogP contribution in [0.25, 0.3) is 0 Å². The number of carbonyl (C=O) groups excluding carboxylic acids is 2. The van der Waals surface area contributed by atoms with Gasteiger partial charge in [0.2, 0.25) is 0 Å². The number of rotatable bonds is 8. The van der Waals surface area contributed by atoms with E-state index in [0.717, 1.165) is 24.0 Å². The molecule has 2 aromatic rings. The molecule has 12 nitrogen and oxygen atoms in total. The van der Waals surface area contributed by atoms with Gasteiger partial charge in [-0.1, -0.05) is 35.9 Å². The Balaban J connectivity index is 1.19. The predicted octanol–water partition coefficient (Wildman–Crippen LogP) is 0.779. The number of hydrogen-bond acceptors (Lipinski definition) is 10. The number of hydrogen-bond donors (Lipinski definition) is 4. The van der Waals surface area contributed by atoms with Crippen molar-refractivity contribution in [1.82, 2.24) is 25.5 Å². The maximum absolute atomic E-state index is 12.5. The fourth-order valence-corrected chi connectivity index (χ4v) is 3.93. The maximum Gasteiger partial charge on any atom is 0.280 e. The lowest BCUT2D eigenvalue weighted by Gasteiger charge is -2.26. The van der Waals surface area contributed by atoms with Crippen LogP contribution in [0.5, 0.6) is 5.75 Å². The number of nitrogen functional groups attached to an aromatic ring is 2. The first-order valence-electron chi connectivity index (χ1n) is 11.8. The number of aryl methyl sites for hydroxylation is 1. The van der Waals surface area contributed by atoms with Crippen LogP contribution in [0.2, 0.25) is 5.15 Å². The minimum Gasteiger partial charge on any atom is -0.484 e. The van der Waals surface area contributed by atoms with E-state index in [1.54, 1.807) is 4.90 Å². The van der Waals surface area contributed by atoms with Crippen molar-refractivity contribution < 1.29 is 19.1 Å². The summed E-state index contributed by atoms with van der Waals surface area (Å²) < 4.78 is 10.9. The Labute approximate surface area is 219 Å². The second-order valence-corrected chi connectivity index (χ2v) is 8.92. The van der Waals surface area contributed by atoms with E-state index in [1.165, 1.54) is 0 Å². The Kier molecular flexibility index (Phi) is 8.41. The number of aliphatic imine (C=N–C) groups is 1. The van der Waals surface area contributed by atoms with Crippen LogP contribution in [0.3, 0.4) is 0 Å². The molecular formula is C24H29ClN8O4. The lowest BCUT2D eigenvalue weighted by molar-refractivity contribution is -0.137. The molecule has 1 aromatic carbocycles. The number of aromatic nitrogens is 2. The van der Waals surface area contributed by atoms with E-state index in [1.807, 2.05) is 24.3 Å². The second-order valence-electron chi connectivity index (χ2n) is 8.56. The smallest absolute Gasteiger partial charge is 0.280 e. The molecule has 0 bridgehead atoms. The molecule has 0 spiro atoms. The van der Waals surface area contributed by atoms with Gasteiger partial charge < -0.3 is 31.2 Å². The van der Waals surface area contributed by atoms with Crippen molar-refractivity contribution in [2.24, 2.45) is 4.99 Å². The topological polar surface area (TPSA) is 170 Å². The zero-order chi connectivity index (χ0) is 26.4. The maximum atomic E-state index is 12.5. The molecule has 13 heteroatoms. The number of nitrogens with two attached hydrogens (primary N) is 2. The van der Waals surface area contributed by atoms with Crippen LogP contribution >= 0.6 is 11.6 Å². The highest BCUT2D eigenvalue weighted by atomic mass is 35.5. The van der Waals surface area contributed by atoms with Crippen LogP contribution in [0.1, 0.15) is 22.5 Å². The number of benzene rings is 1. The molecule has 6 N–H and O–H groups in total. The summed E-state index contributed by atoms with van der Waals surface area (Å²) in [5, 5.41) is 5.66. The molecule has 1 atom stereocenters. The van der Waals surface area contributed by atoms with E-state index < -0.39 is 5.91 Å². The molecule has 0 unspecified atom stereocenters. The summed E-state index contributed by atoms with van der Waals surface area (Å²) in [4.78, 5) is 38.5. The molecule has 4 rings (SSSR count). The van der Waals surface area contributed by atoms with Gasteiger partial charge in [-0.05, 0) is 30.5 Å². The van der Waals surface area contributed by atoms with Crippen molar-refractivity contribution in [3.05, 3.63) is 52.8 Å². The summed E-state index contributed by atoms with van der Waals surface area (Å²) in [6, 6.07) is 7.52. The van der Waals surface area contributed by atoms with Gasteiger partial charge in [0.05, 0.1) is 25.8 Å². The Morgan fingerprint density at radius 2 is 1.92 bits per heavy atom. The van der Waals surface area contributed by atoms with E-state index >= 15 is 0 Å². The average Bonchev–Trinajstić information content (AvgIpc) is 3.37. The summed E-state index contributed by atoms with van der Waals surface area (Å²) in [6.45, 7) is 6.93. The van der Waals surface area contributed by atoms with Gasteiger partial charge in [-0.25, -0.2) is 9.97 Å². The number of carbonyl (C=O) groups is 2. The van der Waals surface area contributed by atoms with Crippen molar-refractivity contribution in [1.29, 1.82) is 0 Å². The van der Waals surface area contributed by atoms with Gasteiger partial charge >= 0.3 is 0 Å². The summed E-state index contributed by atoms with van der Waals surface area (Å²) in [7, 11) is 0. The highest BCUT2D eigenvalue weighted by Gasteiger charge is 2.24. The number of amides is 2. The van der Waals surface area contributed by atoms with Crippen molar-refractivity contribution in [3.8, 4) is 5.75 Å². The molecule has 2 aliphatic rings. The van der Waals surface area contributed by atoms with Gasteiger partial charge in [0.25, 0.3) is 11.8 Å². The Morgan fingerprint density at radius 1 is 1.19 bits per heavy atom. The number of guanidine groups is 1. The molecule has 2 aliphatic heterocycles. The zero-order valence-electron chi connectivity index (χ0n) is 20.2. The third-order valence-corrected chi connectivity index (χ3v) is 6.25. The first-order chi connectivity index (χ1) is 17.8. The molecule has 0 saturated carbocycles. The average molecular weight is 529 g/mol. The number of nitrogens with one attached hydrogen (secondary N) is 2. The standard InChI is InChI=1S/C24H29ClN8O4/c1-14(17-12-28-24(29-17)32-23(35)19-21(26)31-22(27)20(25)30-19)2-3-15-4-6-16(7-5-15)37-13-18(34)33-8-10-36-11-9-33/h4-7,17H,1-3,8-13H2,(H4,26,27,31)(H2,28,29,32,35)/t17-/m0/s1. The van der Waals surface area contributed by atoms with Gasteiger partial charge in [-0.15, -0.1) is 0 Å². The number of halogens is 1. The molecule has 2 amide bonds. The Morgan fingerprint density at radius 3 is 2.65 bits per heavy atom. The minimum atomic E-state index is -0.599. The van der Waals surface area contributed by atoms with Crippen molar-refractivity contribution >= 4 is 41.0 Å². The number of anilines is 2. The van der Waals surface area contributed by atoms with Gasteiger partial charge in [0, 0.05) is 13.1 Å². The lowest BCUT2D eigenvalue weighted by atomic mass is 10.0. The normalized spacial score (nSPS) is 17.1. The molecule has 0 radical (unpaired) electrons. The molecule has 1 aromatic heterocycles. The summed E-state index contributed by atoms with van der Waals surface area (Å²) in [5.41, 5.74) is 13.2.